The Hall–Kier alpha value is -3.46. The van der Waals surface area contributed by atoms with E-state index in [9.17, 15) is 18.7 Å². The SMILES string of the molecule is COc1cc(C)c2[nH]ccc2c1CN1CCC2(CC1c1ccc(C(=O)O)c(C=N)c1N)CC(F)(F)C2. The van der Waals surface area contributed by atoms with Crippen LogP contribution >= 0.6 is 0 Å². The summed E-state index contributed by atoms with van der Waals surface area (Å²) in [7, 11) is 1.63. The molecular formula is C27H30F2N4O3. The van der Waals surface area contributed by atoms with Gasteiger partial charge in [0.05, 0.1) is 12.7 Å². The zero-order chi connectivity index (χ0) is 25.8. The second-order valence-corrected chi connectivity index (χ2v) is 10.3. The van der Waals surface area contributed by atoms with Gasteiger partial charge in [0.25, 0.3) is 0 Å². The largest absolute Gasteiger partial charge is 0.496 e. The molecule has 36 heavy (non-hydrogen) atoms. The molecule has 0 radical (unpaired) electrons. The molecule has 1 aromatic heterocycles. The van der Waals surface area contributed by atoms with Crippen LogP contribution in [0.5, 0.6) is 5.75 Å². The number of hydrogen-bond acceptors (Lipinski definition) is 5. The van der Waals surface area contributed by atoms with Crippen LogP contribution in [-0.4, -0.2) is 46.8 Å². The maximum Gasteiger partial charge on any atom is 0.336 e. The van der Waals surface area contributed by atoms with Crippen molar-refractivity contribution >= 4 is 28.8 Å². The zero-order valence-corrected chi connectivity index (χ0v) is 20.3. The van der Waals surface area contributed by atoms with Crippen LogP contribution in [0.3, 0.4) is 0 Å². The molecule has 7 nitrogen and oxygen atoms in total. The van der Waals surface area contributed by atoms with Gasteiger partial charge in [0.2, 0.25) is 5.92 Å². The summed E-state index contributed by atoms with van der Waals surface area (Å²) in [5.74, 6) is -3.06. The van der Waals surface area contributed by atoms with E-state index in [0.29, 0.717) is 31.5 Å². The third-order valence-corrected chi connectivity index (χ3v) is 8.01. The second kappa shape index (κ2) is 8.58. The lowest BCUT2D eigenvalue weighted by molar-refractivity contribution is -0.186. The van der Waals surface area contributed by atoms with E-state index in [-0.39, 0.29) is 35.7 Å². The van der Waals surface area contributed by atoms with Crippen molar-refractivity contribution in [1.29, 1.82) is 5.41 Å². The highest BCUT2D eigenvalue weighted by molar-refractivity contribution is 6.02. The molecule has 5 rings (SSSR count). The standard InChI is InChI=1S/C27H30F2N4O3/c1-15-9-22(36-2)20(16-5-7-32-24(15)16)12-33-8-6-26(13-27(28,29)14-26)10-21(33)18-4-3-17(25(34)35)19(11-30)23(18)31/h3-5,7,9,11,21,30,32H,6,8,10,12-14,31H2,1-2H3,(H,34,35). The molecule has 1 saturated carbocycles. The second-order valence-electron chi connectivity index (χ2n) is 10.3. The number of halogens is 2. The lowest BCUT2D eigenvalue weighted by atomic mass is 9.58. The van der Waals surface area contributed by atoms with E-state index in [1.807, 2.05) is 25.3 Å². The highest BCUT2D eigenvalue weighted by Gasteiger charge is 2.58. The molecule has 1 aliphatic heterocycles. The lowest BCUT2D eigenvalue weighted by Gasteiger charge is -2.55. The van der Waals surface area contributed by atoms with Gasteiger partial charge in [0.1, 0.15) is 5.75 Å². The van der Waals surface area contributed by atoms with Gasteiger partial charge in [-0.3, -0.25) is 4.90 Å². The quantitative estimate of drug-likeness (QED) is 0.265. The number of carbonyl (C=O) groups is 1. The lowest BCUT2D eigenvalue weighted by Crippen LogP contribution is -2.53. The van der Waals surface area contributed by atoms with Gasteiger partial charge in [-0.15, -0.1) is 0 Å². The van der Waals surface area contributed by atoms with Crippen molar-refractivity contribution in [3.8, 4) is 5.75 Å². The third kappa shape index (κ3) is 3.91. The number of anilines is 1. The van der Waals surface area contributed by atoms with E-state index in [1.54, 1.807) is 13.2 Å². The summed E-state index contributed by atoms with van der Waals surface area (Å²) in [4.78, 5) is 17.2. The number of hydrogen-bond donors (Lipinski definition) is 4. The molecule has 1 atom stereocenters. The topological polar surface area (TPSA) is 115 Å². The fourth-order valence-corrected chi connectivity index (χ4v) is 6.31. The van der Waals surface area contributed by atoms with Gasteiger partial charge >= 0.3 is 5.97 Å². The molecule has 2 aliphatic rings. The normalized spacial score (nSPS) is 20.8. The van der Waals surface area contributed by atoms with Crippen molar-refractivity contribution in [1.82, 2.24) is 9.88 Å². The van der Waals surface area contributed by atoms with E-state index in [0.717, 1.165) is 34.0 Å². The summed E-state index contributed by atoms with van der Waals surface area (Å²) in [5.41, 5.74) is 10.0. The summed E-state index contributed by atoms with van der Waals surface area (Å²) in [6.07, 6.45) is 3.68. The van der Waals surface area contributed by atoms with E-state index in [4.69, 9.17) is 15.9 Å². The Morgan fingerprint density at radius 2 is 2.11 bits per heavy atom. The number of rotatable bonds is 6. The highest BCUT2D eigenvalue weighted by atomic mass is 19.3. The van der Waals surface area contributed by atoms with Crippen LogP contribution in [0.15, 0.2) is 30.5 Å². The summed E-state index contributed by atoms with van der Waals surface area (Å²) in [6, 6.07) is 6.83. The molecule has 9 heteroatoms. The van der Waals surface area contributed by atoms with Crippen LogP contribution in [0.25, 0.3) is 10.9 Å². The maximum absolute atomic E-state index is 14.0. The molecule has 2 fully saturated rings. The molecule has 1 aliphatic carbocycles. The van der Waals surface area contributed by atoms with E-state index in [1.165, 1.54) is 6.07 Å². The van der Waals surface area contributed by atoms with Crippen LogP contribution in [0, 0.1) is 17.7 Å². The number of aromatic amines is 1. The summed E-state index contributed by atoms with van der Waals surface area (Å²) >= 11 is 0. The maximum atomic E-state index is 14.0. The zero-order valence-electron chi connectivity index (χ0n) is 20.3. The van der Waals surface area contributed by atoms with Crippen LogP contribution in [0.2, 0.25) is 0 Å². The molecule has 1 spiro atoms. The van der Waals surface area contributed by atoms with Crippen LogP contribution in [-0.2, 0) is 6.54 Å². The number of alkyl halides is 2. The molecule has 0 amide bonds. The van der Waals surface area contributed by atoms with Crippen LogP contribution in [0.1, 0.15) is 64.3 Å². The number of ether oxygens (including phenoxy) is 1. The first kappa shape index (κ1) is 24.2. The number of aromatic nitrogens is 1. The van der Waals surface area contributed by atoms with Crippen LogP contribution in [0.4, 0.5) is 14.5 Å². The minimum absolute atomic E-state index is 0.0484. The van der Waals surface area contributed by atoms with Crippen LogP contribution < -0.4 is 10.5 Å². The minimum Gasteiger partial charge on any atom is -0.496 e. The number of aryl methyl sites for hydroxylation is 1. The Balaban J connectivity index is 1.58. The monoisotopic (exact) mass is 496 g/mol. The molecule has 5 N–H and O–H groups in total. The summed E-state index contributed by atoms with van der Waals surface area (Å²) in [6.45, 7) is 3.11. The van der Waals surface area contributed by atoms with Gasteiger partial charge < -0.3 is 26.0 Å². The Kier molecular flexibility index (Phi) is 5.78. The fourth-order valence-electron chi connectivity index (χ4n) is 6.31. The Morgan fingerprint density at radius 1 is 1.36 bits per heavy atom. The number of H-pyrrole nitrogens is 1. The van der Waals surface area contributed by atoms with Gasteiger partial charge in [0, 0.05) is 65.6 Å². The summed E-state index contributed by atoms with van der Waals surface area (Å²) < 4.78 is 33.7. The number of nitrogens with zero attached hydrogens (tertiary/aromatic N) is 1. The Morgan fingerprint density at radius 3 is 2.75 bits per heavy atom. The number of likely N-dealkylation sites (tertiary alicyclic amines) is 1. The first-order chi connectivity index (χ1) is 17.1. The average Bonchev–Trinajstić information content (AvgIpc) is 3.31. The predicted octanol–water partition coefficient (Wildman–Crippen LogP) is 5.52. The number of carboxylic acid groups (broad SMARTS) is 1. The van der Waals surface area contributed by atoms with Crippen molar-refractivity contribution in [2.24, 2.45) is 5.41 Å². The fraction of sp³-hybridized carbons (Fsp3) is 0.407. The smallest absolute Gasteiger partial charge is 0.336 e. The van der Waals surface area contributed by atoms with E-state index < -0.39 is 17.3 Å². The first-order valence-corrected chi connectivity index (χ1v) is 12.0. The first-order valence-electron chi connectivity index (χ1n) is 12.0. The number of aromatic carboxylic acids is 1. The van der Waals surface area contributed by atoms with Crippen molar-refractivity contribution in [2.45, 2.75) is 51.1 Å². The number of nitrogen functional groups attached to an aromatic ring is 1. The highest BCUT2D eigenvalue weighted by Crippen LogP contribution is 2.61. The molecule has 190 valence electrons. The van der Waals surface area contributed by atoms with Gasteiger partial charge in [-0.1, -0.05) is 6.07 Å². The molecular weight excluding hydrogens is 466 g/mol. The number of methoxy groups -OCH3 is 1. The molecule has 2 heterocycles. The van der Waals surface area contributed by atoms with Gasteiger partial charge in [-0.25, -0.2) is 13.6 Å². The third-order valence-electron chi connectivity index (χ3n) is 8.01. The van der Waals surface area contributed by atoms with Gasteiger partial charge in [-0.05, 0) is 61.1 Å². The van der Waals surface area contributed by atoms with Crippen molar-refractivity contribution < 1.29 is 23.4 Å². The Bertz CT molecular complexity index is 1360. The average molecular weight is 497 g/mol. The van der Waals surface area contributed by atoms with E-state index in [2.05, 4.69) is 9.88 Å². The molecule has 1 saturated heterocycles. The van der Waals surface area contributed by atoms with Gasteiger partial charge in [0.15, 0.2) is 0 Å². The molecule has 3 aromatic rings. The molecule has 2 aromatic carbocycles. The van der Waals surface area contributed by atoms with Crippen molar-refractivity contribution in [3.05, 3.63) is 58.3 Å². The van der Waals surface area contributed by atoms with E-state index >= 15 is 0 Å². The number of piperidine rings is 1. The Labute approximate surface area is 207 Å². The molecule has 0 bridgehead atoms. The minimum atomic E-state index is -2.65. The number of carboxylic acids is 1. The predicted molar refractivity (Wildman–Crippen MR) is 134 cm³/mol. The number of benzene rings is 2. The number of fused-ring (bicyclic) bond motifs is 1. The van der Waals surface area contributed by atoms with Crippen molar-refractivity contribution in [2.75, 3.05) is 19.4 Å². The number of nitrogens with two attached hydrogens (primary N) is 1. The van der Waals surface area contributed by atoms with Crippen molar-refractivity contribution in [3.63, 3.8) is 0 Å². The molecule has 1 unspecified atom stereocenters. The summed E-state index contributed by atoms with van der Waals surface area (Å²) in [5, 5.41) is 18.4. The number of nitrogens with one attached hydrogen (secondary N) is 2. The van der Waals surface area contributed by atoms with Gasteiger partial charge in [-0.2, -0.15) is 0 Å².